The summed E-state index contributed by atoms with van der Waals surface area (Å²) in [6.45, 7) is 5.96. The largest absolute Gasteiger partial charge is 0.388 e. The number of nitrogens with zero attached hydrogens (tertiary/aromatic N) is 1. The molecule has 24 heavy (non-hydrogen) atoms. The van der Waals surface area contributed by atoms with Crippen LogP contribution in [0.3, 0.4) is 0 Å². The van der Waals surface area contributed by atoms with Crippen molar-refractivity contribution in [1.82, 2.24) is 9.88 Å². The van der Waals surface area contributed by atoms with Crippen LogP contribution in [0, 0.1) is 13.8 Å². The van der Waals surface area contributed by atoms with Gasteiger partial charge in [-0.15, -0.1) is 0 Å². The van der Waals surface area contributed by atoms with Gasteiger partial charge >= 0.3 is 0 Å². The van der Waals surface area contributed by atoms with E-state index in [0.717, 1.165) is 36.7 Å². The van der Waals surface area contributed by atoms with Crippen molar-refractivity contribution in [2.45, 2.75) is 45.3 Å². The zero-order chi connectivity index (χ0) is 17.3. The molecule has 0 atom stereocenters. The predicted molar refractivity (Wildman–Crippen MR) is 94.4 cm³/mol. The second-order valence-corrected chi connectivity index (χ2v) is 6.85. The average molecular weight is 330 g/mol. The van der Waals surface area contributed by atoms with E-state index in [2.05, 4.69) is 23.7 Å². The number of aliphatic hydroxyl groups is 1. The molecule has 2 N–H and O–H groups in total. The summed E-state index contributed by atoms with van der Waals surface area (Å²) < 4.78 is 7.42. The average Bonchev–Trinajstić information content (AvgIpc) is 2.80. The summed E-state index contributed by atoms with van der Waals surface area (Å²) in [6.07, 6.45) is 2.58. The van der Waals surface area contributed by atoms with Crippen molar-refractivity contribution in [2.24, 2.45) is 0 Å². The Labute approximate surface area is 142 Å². The molecule has 0 saturated heterocycles. The second kappa shape index (κ2) is 6.57. The predicted octanol–water partition coefficient (Wildman–Crippen LogP) is 2.55. The third-order valence-electron chi connectivity index (χ3n) is 5.28. The summed E-state index contributed by atoms with van der Waals surface area (Å²) in [6, 6.07) is 5.80. The molecule has 1 fully saturated rings. The molecule has 0 bridgehead atoms. The number of ether oxygens (including phenoxy) is 1. The Balaban J connectivity index is 1.82. The summed E-state index contributed by atoms with van der Waals surface area (Å²) in [4.78, 5) is 12.4. The lowest BCUT2D eigenvalue weighted by molar-refractivity contribution is -0.0300. The molecule has 1 aliphatic rings. The number of amides is 1. The van der Waals surface area contributed by atoms with Crippen molar-refractivity contribution in [3.05, 3.63) is 35.0 Å². The molecule has 3 rings (SSSR count). The number of hydrogen-bond donors (Lipinski definition) is 2. The number of methoxy groups -OCH3 is 1. The van der Waals surface area contributed by atoms with Gasteiger partial charge in [0.15, 0.2) is 0 Å². The molecule has 1 heterocycles. The van der Waals surface area contributed by atoms with Crippen LogP contribution in [0.15, 0.2) is 18.2 Å². The number of fused-ring (bicyclic) bond motifs is 1. The number of carbonyl (C=O) groups excluding carboxylic acids is 1. The maximum Gasteiger partial charge on any atom is 0.251 e. The molecule has 5 heteroatoms. The highest BCUT2D eigenvalue weighted by Gasteiger charge is 2.34. The van der Waals surface area contributed by atoms with Crippen LogP contribution in [0.25, 0.3) is 10.9 Å². The Hall–Kier alpha value is -1.85. The minimum Gasteiger partial charge on any atom is -0.388 e. The summed E-state index contributed by atoms with van der Waals surface area (Å²) in [7, 11) is 1.70. The van der Waals surface area contributed by atoms with Crippen LogP contribution in [0.2, 0.25) is 0 Å². The third kappa shape index (κ3) is 3.06. The highest BCUT2D eigenvalue weighted by atomic mass is 16.5. The number of nitrogens with one attached hydrogen (secondary N) is 1. The molecule has 1 aromatic carbocycles. The Kier molecular flexibility index (Phi) is 4.65. The van der Waals surface area contributed by atoms with Crippen LogP contribution in [-0.2, 0) is 11.3 Å². The molecule has 0 spiro atoms. The van der Waals surface area contributed by atoms with E-state index in [1.165, 1.54) is 11.3 Å². The highest BCUT2D eigenvalue weighted by Crippen LogP contribution is 2.31. The molecule has 1 saturated carbocycles. The highest BCUT2D eigenvalue weighted by molar-refractivity contribution is 5.99. The molecule has 130 valence electrons. The van der Waals surface area contributed by atoms with E-state index in [1.807, 2.05) is 18.2 Å². The lowest BCUT2D eigenvalue weighted by Gasteiger charge is -2.36. The van der Waals surface area contributed by atoms with Gasteiger partial charge < -0.3 is 19.7 Å². The monoisotopic (exact) mass is 330 g/mol. The number of hydrogen-bond acceptors (Lipinski definition) is 3. The van der Waals surface area contributed by atoms with Crippen LogP contribution in [0.1, 0.15) is 40.9 Å². The van der Waals surface area contributed by atoms with E-state index in [1.54, 1.807) is 7.11 Å². The van der Waals surface area contributed by atoms with Crippen LogP contribution < -0.4 is 5.32 Å². The zero-order valence-corrected chi connectivity index (χ0v) is 14.7. The fourth-order valence-corrected chi connectivity index (χ4v) is 3.37. The van der Waals surface area contributed by atoms with Gasteiger partial charge in [0.1, 0.15) is 0 Å². The van der Waals surface area contributed by atoms with E-state index in [9.17, 15) is 9.90 Å². The van der Waals surface area contributed by atoms with Crippen molar-refractivity contribution >= 4 is 16.8 Å². The molecule has 2 aromatic rings. The van der Waals surface area contributed by atoms with E-state index < -0.39 is 5.60 Å². The first kappa shape index (κ1) is 17.0. The van der Waals surface area contributed by atoms with E-state index >= 15 is 0 Å². The van der Waals surface area contributed by atoms with Crippen LogP contribution >= 0.6 is 0 Å². The SMILES string of the molecule is COCCn1c(C)c(C)c2cc(C(=O)NCC3(O)CCC3)ccc21. The van der Waals surface area contributed by atoms with Crippen molar-refractivity contribution in [1.29, 1.82) is 0 Å². The molecule has 0 unspecified atom stereocenters. The van der Waals surface area contributed by atoms with Gasteiger partial charge in [0.05, 0.1) is 12.2 Å². The van der Waals surface area contributed by atoms with Gasteiger partial charge in [0, 0.05) is 42.4 Å². The summed E-state index contributed by atoms with van der Waals surface area (Å²) in [5.41, 5.74) is 3.45. The molecule has 0 aliphatic heterocycles. The minimum absolute atomic E-state index is 0.126. The van der Waals surface area contributed by atoms with Crippen molar-refractivity contribution < 1.29 is 14.6 Å². The lowest BCUT2D eigenvalue weighted by atomic mass is 9.80. The zero-order valence-electron chi connectivity index (χ0n) is 14.7. The summed E-state index contributed by atoms with van der Waals surface area (Å²) >= 11 is 0. The number of benzene rings is 1. The first-order valence-corrected chi connectivity index (χ1v) is 8.54. The molecule has 0 radical (unpaired) electrons. The fourth-order valence-electron chi connectivity index (χ4n) is 3.37. The topological polar surface area (TPSA) is 63.5 Å². The lowest BCUT2D eigenvalue weighted by Crippen LogP contribution is -2.47. The first-order valence-electron chi connectivity index (χ1n) is 8.54. The van der Waals surface area contributed by atoms with Gasteiger partial charge in [0.25, 0.3) is 5.91 Å². The van der Waals surface area contributed by atoms with Crippen molar-refractivity contribution in [2.75, 3.05) is 20.3 Å². The molecular weight excluding hydrogens is 304 g/mol. The quantitative estimate of drug-likeness (QED) is 0.855. The standard InChI is InChI=1S/C19H26N2O3/c1-13-14(2)21(9-10-24-3)17-6-5-15(11-16(13)17)18(22)20-12-19(23)7-4-8-19/h5-6,11,23H,4,7-10,12H2,1-3H3,(H,20,22). The summed E-state index contributed by atoms with van der Waals surface area (Å²) in [5.74, 6) is -0.126. The Bertz CT molecular complexity index is 760. The molecule has 1 aromatic heterocycles. The van der Waals surface area contributed by atoms with Gasteiger partial charge in [-0.1, -0.05) is 0 Å². The molecule has 1 amide bonds. The Morgan fingerprint density at radius 3 is 2.75 bits per heavy atom. The number of aromatic nitrogens is 1. The maximum absolute atomic E-state index is 12.4. The number of aryl methyl sites for hydroxylation is 1. The molecule has 5 nitrogen and oxygen atoms in total. The van der Waals surface area contributed by atoms with Crippen molar-refractivity contribution in [3.8, 4) is 0 Å². The molecular formula is C19H26N2O3. The van der Waals surface area contributed by atoms with Gasteiger partial charge in [-0.25, -0.2) is 0 Å². The van der Waals surface area contributed by atoms with Crippen LogP contribution in [-0.4, -0.2) is 41.4 Å². The Morgan fingerprint density at radius 2 is 2.12 bits per heavy atom. The third-order valence-corrected chi connectivity index (χ3v) is 5.28. The molecule has 1 aliphatic carbocycles. The maximum atomic E-state index is 12.4. The first-order chi connectivity index (χ1) is 11.4. The number of rotatable bonds is 6. The van der Waals surface area contributed by atoms with E-state index in [4.69, 9.17) is 4.74 Å². The van der Waals surface area contributed by atoms with Crippen LogP contribution in [0.4, 0.5) is 0 Å². The van der Waals surface area contributed by atoms with Gasteiger partial charge in [-0.2, -0.15) is 0 Å². The van der Waals surface area contributed by atoms with Gasteiger partial charge in [0.2, 0.25) is 0 Å². The second-order valence-electron chi connectivity index (χ2n) is 6.85. The normalized spacial score (nSPS) is 16.2. The smallest absolute Gasteiger partial charge is 0.251 e. The van der Waals surface area contributed by atoms with Crippen LogP contribution in [0.5, 0.6) is 0 Å². The minimum atomic E-state index is -0.699. The van der Waals surface area contributed by atoms with Gasteiger partial charge in [-0.05, 0) is 56.9 Å². The Morgan fingerprint density at radius 1 is 1.38 bits per heavy atom. The van der Waals surface area contributed by atoms with Gasteiger partial charge in [-0.3, -0.25) is 4.79 Å². The summed E-state index contributed by atoms with van der Waals surface area (Å²) in [5, 5.41) is 14.1. The number of carbonyl (C=O) groups is 1. The fraction of sp³-hybridized carbons (Fsp3) is 0.526. The van der Waals surface area contributed by atoms with E-state index in [0.29, 0.717) is 18.7 Å². The van der Waals surface area contributed by atoms with E-state index in [-0.39, 0.29) is 5.91 Å². The van der Waals surface area contributed by atoms with Crippen molar-refractivity contribution in [3.63, 3.8) is 0 Å².